The summed E-state index contributed by atoms with van der Waals surface area (Å²) >= 11 is 5.30. The molecule has 2 amide bonds. The second-order valence-electron chi connectivity index (χ2n) is 6.69. The van der Waals surface area contributed by atoms with Crippen LogP contribution in [-0.2, 0) is 19.2 Å². The van der Waals surface area contributed by atoms with E-state index in [1.165, 1.54) is 46.9 Å². The van der Waals surface area contributed by atoms with Gasteiger partial charge in [0.15, 0.2) is 15.2 Å². The molecule has 2 aromatic rings. The second-order valence-corrected chi connectivity index (χ2v) is 11.1. The van der Waals surface area contributed by atoms with Crippen LogP contribution in [0.4, 0.5) is 5.13 Å². The van der Waals surface area contributed by atoms with Crippen LogP contribution in [0.2, 0.25) is 0 Å². The van der Waals surface area contributed by atoms with Gasteiger partial charge in [0.25, 0.3) is 11.8 Å². The lowest BCUT2D eigenvalue weighted by atomic mass is 10.0. The summed E-state index contributed by atoms with van der Waals surface area (Å²) in [5.74, 6) is -1.61. The SMILES string of the molecule is CO/N=C(\C(=O)N[C@@H]1C(=O)N2C(C(=O)O)=C(CSc3nnc(C)s3)CS[C@H]12)c1csc(N)n1. The van der Waals surface area contributed by atoms with E-state index in [1.54, 1.807) is 5.38 Å². The summed E-state index contributed by atoms with van der Waals surface area (Å²) in [6.45, 7) is 1.84. The van der Waals surface area contributed by atoms with E-state index in [2.05, 4.69) is 25.7 Å². The van der Waals surface area contributed by atoms with E-state index in [4.69, 9.17) is 10.6 Å². The van der Waals surface area contributed by atoms with Crippen molar-refractivity contribution in [3.8, 4) is 0 Å². The molecule has 0 radical (unpaired) electrons. The predicted molar refractivity (Wildman–Crippen MR) is 125 cm³/mol. The summed E-state index contributed by atoms with van der Waals surface area (Å²) < 4.78 is 0.726. The molecule has 4 N–H and O–H groups in total. The molecule has 0 aliphatic carbocycles. The van der Waals surface area contributed by atoms with Gasteiger partial charge >= 0.3 is 5.97 Å². The number of carboxylic acids is 1. The molecule has 2 aliphatic rings. The minimum atomic E-state index is -1.19. The molecule has 174 valence electrons. The molecule has 16 heteroatoms. The van der Waals surface area contributed by atoms with Crippen LogP contribution >= 0.6 is 46.2 Å². The topological polar surface area (TPSA) is 173 Å². The molecule has 2 atom stereocenters. The molecule has 0 aromatic carbocycles. The fourth-order valence-corrected chi connectivity index (χ4v) is 7.03. The number of nitrogen functional groups attached to an aromatic ring is 1. The number of nitrogens with zero attached hydrogens (tertiary/aromatic N) is 5. The zero-order valence-corrected chi connectivity index (χ0v) is 20.4. The van der Waals surface area contributed by atoms with Gasteiger partial charge in [0.1, 0.15) is 34.9 Å². The lowest BCUT2D eigenvalue weighted by Crippen LogP contribution is -2.71. The van der Waals surface area contributed by atoms with Crippen molar-refractivity contribution in [2.75, 3.05) is 24.3 Å². The van der Waals surface area contributed by atoms with Crippen molar-refractivity contribution in [2.24, 2.45) is 5.16 Å². The molecule has 2 aliphatic heterocycles. The molecular weight excluding hydrogens is 510 g/mol. The summed E-state index contributed by atoms with van der Waals surface area (Å²) in [4.78, 5) is 47.6. The fourth-order valence-electron chi connectivity index (χ4n) is 3.18. The normalized spacial score (nSPS) is 20.4. The molecule has 1 fully saturated rings. The number of fused-ring (bicyclic) bond motifs is 1. The van der Waals surface area contributed by atoms with E-state index in [1.807, 2.05) is 6.92 Å². The maximum Gasteiger partial charge on any atom is 0.352 e. The van der Waals surface area contributed by atoms with E-state index >= 15 is 0 Å². The van der Waals surface area contributed by atoms with Crippen molar-refractivity contribution < 1.29 is 24.3 Å². The van der Waals surface area contributed by atoms with Crippen LogP contribution in [0.1, 0.15) is 10.7 Å². The Bertz CT molecular complexity index is 1180. The number of hydrogen-bond donors (Lipinski definition) is 3. The number of carbonyl (C=O) groups excluding carboxylic acids is 2. The maximum atomic E-state index is 12.9. The lowest BCUT2D eigenvalue weighted by molar-refractivity contribution is -0.150. The third-order valence-electron chi connectivity index (χ3n) is 4.58. The molecule has 2 aromatic heterocycles. The number of nitrogens with two attached hydrogens (primary N) is 1. The number of aliphatic carboxylic acids is 1. The van der Waals surface area contributed by atoms with E-state index < -0.39 is 29.2 Å². The van der Waals surface area contributed by atoms with Gasteiger partial charge in [-0.15, -0.1) is 33.3 Å². The average Bonchev–Trinajstić information content (AvgIpc) is 3.40. The zero-order chi connectivity index (χ0) is 23.7. The number of β-lactam (4-membered cyclic amide) rings is 1. The number of anilines is 1. The van der Waals surface area contributed by atoms with Crippen molar-refractivity contribution in [1.29, 1.82) is 0 Å². The number of oxime groups is 1. The van der Waals surface area contributed by atoms with Gasteiger partial charge in [0, 0.05) is 16.9 Å². The molecule has 4 heterocycles. The molecule has 0 spiro atoms. The Morgan fingerprint density at radius 1 is 1.45 bits per heavy atom. The molecule has 0 saturated carbocycles. The van der Waals surface area contributed by atoms with Crippen molar-refractivity contribution in [2.45, 2.75) is 22.7 Å². The minimum absolute atomic E-state index is 0.0546. The van der Waals surface area contributed by atoms with E-state index in [0.717, 1.165) is 20.7 Å². The highest BCUT2D eigenvalue weighted by atomic mass is 32.2. The van der Waals surface area contributed by atoms with Crippen molar-refractivity contribution in [1.82, 2.24) is 25.4 Å². The second kappa shape index (κ2) is 9.66. The first-order valence-corrected chi connectivity index (χ1v) is 13.0. The van der Waals surface area contributed by atoms with Crippen LogP contribution in [-0.4, -0.2) is 78.7 Å². The van der Waals surface area contributed by atoms with Crippen molar-refractivity contribution in [3.05, 3.63) is 27.4 Å². The van der Waals surface area contributed by atoms with Gasteiger partial charge in [-0.2, -0.15) is 0 Å². The Hall–Kier alpha value is -2.69. The summed E-state index contributed by atoms with van der Waals surface area (Å²) in [7, 11) is 1.28. The summed E-state index contributed by atoms with van der Waals surface area (Å²) in [5, 5.41) is 26.2. The summed E-state index contributed by atoms with van der Waals surface area (Å²) in [5.41, 5.74) is 6.27. The number of carbonyl (C=O) groups is 3. The lowest BCUT2D eigenvalue weighted by Gasteiger charge is -2.49. The van der Waals surface area contributed by atoms with Gasteiger partial charge in [-0.3, -0.25) is 14.5 Å². The van der Waals surface area contributed by atoms with Crippen LogP contribution in [0.5, 0.6) is 0 Å². The highest BCUT2D eigenvalue weighted by molar-refractivity contribution is 8.01. The van der Waals surface area contributed by atoms with E-state index in [-0.39, 0.29) is 22.2 Å². The van der Waals surface area contributed by atoms with Crippen LogP contribution in [0.3, 0.4) is 0 Å². The Morgan fingerprint density at radius 2 is 2.24 bits per heavy atom. The molecule has 4 rings (SSSR count). The monoisotopic (exact) mass is 527 g/mol. The third-order valence-corrected chi connectivity index (χ3v) is 8.65. The standard InChI is InChI=1S/C17H17N7O5S4/c1-6-21-22-17(33-6)32-4-7-3-30-14-10(13(26)24(14)11(7)15(27)28)20-12(25)9(23-29-2)8-5-31-16(18)19-8/h5,10,14H,3-4H2,1-2H3,(H2,18,19)(H,20,25)(H,27,28)/b23-9-/t10-,14-/m1/s1. The number of thioether (sulfide) groups is 2. The molecule has 33 heavy (non-hydrogen) atoms. The molecule has 12 nitrogen and oxygen atoms in total. The number of carboxylic acid groups (broad SMARTS) is 1. The fraction of sp³-hybridized carbons (Fsp3) is 0.353. The highest BCUT2D eigenvalue weighted by Gasteiger charge is 2.54. The third kappa shape index (κ3) is 4.68. The molecule has 0 unspecified atom stereocenters. The van der Waals surface area contributed by atoms with Crippen LogP contribution < -0.4 is 11.1 Å². The van der Waals surface area contributed by atoms with Crippen LogP contribution in [0.25, 0.3) is 0 Å². The first-order valence-electron chi connectivity index (χ1n) is 9.26. The smallest absolute Gasteiger partial charge is 0.352 e. The summed E-state index contributed by atoms with van der Waals surface area (Å²) in [6.07, 6.45) is 0. The number of rotatable bonds is 8. The molecular formula is C17H17N7O5S4. The minimum Gasteiger partial charge on any atom is -0.477 e. The largest absolute Gasteiger partial charge is 0.477 e. The van der Waals surface area contributed by atoms with E-state index in [0.29, 0.717) is 17.1 Å². The van der Waals surface area contributed by atoms with Gasteiger partial charge < -0.3 is 21.0 Å². The molecule has 1 saturated heterocycles. The van der Waals surface area contributed by atoms with Gasteiger partial charge in [0.05, 0.1) is 0 Å². The quantitative estimate of drug-likeness (QED) is 0.191. The van der Waals surface area contributed by atoms with E-state index in [9.17, 15) is 19.5 Å². The highest BCUT2D eigenvalue weighted by Crippen LogP contribution is 2.41. The van der Waals surface area contributed by atoms with Gasteiger partial charge in [-0.1, -0.05) is 28.3 Å². The molecule has 0 bridgehead atoms. The Balaban J connectivity index is 1.49. The number of thiazole rings is 1. The number of aromatic nitrogens is 3. The number of aryl methyl sites for hydroxylation is 1. The van der Waals surface area contributed by atoms with Gasteiger partial charge in [-0.05, 0) is 12.5 Å². The first kappa shape index (κ1) is 23.5. The van der Waals surface area contributed by atoms with Gasteiger partial charge in [0.2, 0.25) is 0 Å². The predicted octanol–water partition coefficient (Wildman–Crippen LogP) is 0.767. The number of amides is 2. The number of hydrogen-bond acceptors (Lipinski definition) is 13. The van der Waals surface area contributed by atoms with Crippen LogP contribution in [0, 0.1) is 6.92 Å². The Labute approximate surface area is 203 Å². The van der Waals surface area contributed by atoms with Gasteiger partial charge in [-0.25, -0.2) is 9.78 Å². The number of nitrogens with one attached hydrogen (secondary N) is 1. The van der Waals surface area contributed by atoms with Crippen LogP contribution in [0.15, 0.2) is 26.1 Å². The maximum absolute atomic E-state index is 12.9. The Morgan fingerprint density at radius 3 is 2.85 bits per heavy atom. The zero-order valence-electron chi connectivity index (χ0n) is 17.2. The van der Waals surface area contributed by atoms with Crippen molar-refractivity contribution in [3.63, 3.8) is 0 Å². The average molecular weight is 528 g/mol. The van der Waals surface area contributed by atoms with Crippen molar-refractivity contribution >= 4 is 74.8 Å². The first-order chi connectivity index (χ1) is 15.8. The summed E-state index contributed by atoms with van der Waals surface area (Å²) in [6, 6.07) is -0.907. The Kier molecular flexibility index (Phi) is 6.87.